The summed E-state index contributed by atoms with van der Waals surface area (Å²) in [6, 6.07) is 7.47. The lowest BCUT2D eigenvalue weighted by Crippen LogP contribution is -2.58. The van der Waals surface area contributed by atoms with Crippen LogP contribution in [0.2, 0.25) is 0 Å². The van der Waals surface area contributed by atoms with Gasteiger partial charge in [-0.1, -0.05) is 5.24 Å². The average Bonchev–Trinajstić information content (AvgIpc) is 3.39. The maximum atomic E-state index is 13.1. The van der Waals surface area contributed by atoms with Crippen molar-refractivity contribution >= 4 is 75.4 Å². The van der Waals surface area contributed by atoms with Gasteiger partial charge >= 0.3 is 0 Å². The van der Waals surface area contributed by atoms with E-state index >= 15 is 0 Å². The molecule has 1 fully saturated rings. The smallest absolute Gasteiger partial charge is 0.257 e. The summed E-state index contributed by atoms with van der Waals surface area (Å²) in [6.45, 7) is 3.70. The van der Waals surface area contributed by atoms with Crippen molar-refractivity contribution in [3.05, 3.63) is 60.8 Å². The molecule has 5 heterocycles. The SMILES string of the molecule is BC(B)(B)N1CCN(c2cc(C(=O)Nc3cc4cc(-c5cnn(C(B)(B)B)c5)ncc4cn3)ccn2)CC1. The first-order valence-corrected chi connectivity index (χ1v) is 13.1. The van der Waals surface area contributed by atoms with Crippen molar-refractivity contribution in [3.63, 3.8) is 0 Å². The Kier molecular flexibility index (Phi) is 6.90. The molecule has 15 heteroatoms. The van der Waals surface area contributed by atoms with Crippen LogP contribution in [-0.4, -0.2) is 114 Å². The van der Waals surface area contributed by atoms with Crippen molar-refractivity contribution in [2.45, 2.75) is 10.5 Å². The first-order chi connectivity index (χ1) is 18.0. The van der Waals surface area contributed by atoms with Gasteiger partial charge in [0.1, 0.15) is 58.7 Å². The molecule has 0 bridgehead atoms. The first kappa shape index (κ1) is 26.2. The zero-order valence-corrected chi connectivity index (χ0v) is 23.1. The van der Waals surface area contributed by atoms with Gasteiger partial charge in [0.15, 0.2) is 0 Å². The Hall–Kier alpha value is -3.46. The van der Waals surface area contributed by atoms with Crippen molar-refractivity contribution in [2.24, 2.45) is 0 Å². The number of fused-ring (bicyclic) bond motifs is 1. The number of nitrogens with one attached hydrogen (secondary N) is 1. The van der Waals surface area contributed by atoms with E-state index in [4.69, 9.17) is 0 Å². The molecule has 0 aliphatic carbocycles. The molecule has 0 saturated carbocycles. The first-order valence-electron chi connectivity index (χ1n) is 13.1. The van der Waals surface area contributed by atoms with Gasteiger partial charge in [0.25, 0.3) is 5.91 Å². The van der Waals surface area contributed by atoms with Crippen LogP contribution in [0.15, 0.2) is 55.2 Å². The Morgan fingerprint density at radius 2 is 1.58 bits per heavy atom. The Morgan fingerprint density at radius 3 is 2.26 bits per heavy atom. The summed E-state index contributed by atoms with van der Waals surface area (Å²) in [5.74, 6) is 1.10. The largest absolute Gasteiger partial charge is 0.354 e. The van der Waals surface area contributed by atoms with Gasteiger partial charge in [-0.05, 0) is 34.9 Å². The Bertz CT molecular complexity index is 1480. The second kappa shape index (κ2) is 10.0. The van der Waals surface area contributed by atoms with E-state index in [-0.39, 0.29) is 16.4 Å². The van der Waals surface area contributed by atoms with Gasteiger partial charge in [0.2, 0.25) is 0 Å². The second-order valence-corrected chi connectivity index (χ2v) is 11.8. The summed E-state index contributed by atoms with van der Waals surface area (Å²) >= 11 is 0. The highest BCUT2D eigenvalue weighted by molar-refractivity contribution is 6.59. The molecule has 0 spiro atoms. The van der Waals surface area contributed by atoms with Crippen LogP contribution < -0.4 is 10.2 Å². The topological polar surface area (TPSA) is 92.1 Å². The summed E-state index contributed by atoms with van der Waals surface area (Å²) in [5.41, 5.74) is 2.32. The molecule has 0 aromatic carbocycles. The molecule has 186 valence electrons. The number of nitrogens with zero attached hydrogens (tertiary/aromatic N) is 7. The maximum absolute atomic E-state index is 13.1. The van der Waals surface area contributed by atoms with E-state index in [2.05, 4.69) is 82.2 Å². The van der Waals surface area contributed by atoms with Gasteiger partial charge in [-0.2, -0.15) is 5.10 Å². The number of carbonyl (C=O) groups is 1. The van der Waals surface area contributed by atoms with E-state index in [9.17, 15) is 4.79 Å². The van der Waals surface area contributed by atoms with Gasteiger partial charge < -0.3 is 15.1 Å². The molecule has 1 saturated heterocycles. The fraction of sp³-hybridized carbons (Fsp3) is 0.261. The monoisotopic (exact) mass is 500 g/mol. The molecule has 0 atom stereocenters. The minimum atomic E-state index is -0.213. The molecule has 0 unspecified atom stereocenters. The summed E-state index contributed by atoms with van der Waals surface area (Å²) in [7, 11) is 13.0. The van der Waals surface area contributed by atoms with Crippen LogP contribution >= 0.6 is 0 Å². The molecule has 1 aliphatic heterocycles. The summed E-state index contributed by atoms with van der Waals surface area (Å²) < 4.78 is 1.93. The maximum Gasteiger partial charge on any atom is 0.257 e. The van der Waals surface area contributed by atoms with E-state index < -0.39 is 0 Å². The van der Waals surface area contributed by atoms with E-state index in [1.165, 1.54) is 0 Å². The zero-order valence-electron chi connectivity index (χ0n) is 23.1. The second-order valence-electron chi connectivity index (χ2n) is 11.8. The van der Waals surface area contributed by atoms with Crippen LogP contribution in [0.5, 0.6) is 0 Å². The van der Waals surface area contributed by atoms with Crippen molar-refractivity contribution in [2.75, 3.05) is 36.4 Å². The number of rotatable bonds is 6. The standard InChI is InChI=1S/C23H30B6N8O/c24-22(25,26)36-5-3-35(4-6-36)20-9-14(1-2-30-20)21(38)34-19-8-15-7-18(31-10-16(15)11-32-19)17-12-33-37(13-17)23(27,28)29/h1-2,7-13H,3-6,24-29H2,(H,32,34,38). The van der Waals surface area contributed by atoms with Gasteiger partial charge in [0, 0.05) is 67.5 Å². The van der Waals surface area contributed by atoms with E-state index in [0.29, 0.717) is 11.4 Å². The molecule has 4 aromatic rings. The molecule has 1 amide bonds. The van der Waals surface area contributed by atoms with Crippen LogP contribution in [0.1, 0.15) is 10.4 Å². The highest BCUT2D eigenvalue weighted by Crippen LogP contribution is 2.24. The van der Waals surface area contributed by atoms with Crippen molar-refractivity contribution in [1.82, 2.24) is 29.6 Å². The van der Waals surface area contributed by atoms with Gasteiger partial charge in [-0.3, -0.25) is 14.5 Å². The quantitative estimate of drug-likeness (QED) is 0.273. The predicted octanol–water partition coefficient (Wildman–Crippen LogP) is -3.76. The molecular weight excluding hydrogens is 469 g/mol. The number of aromatic nitrogens is 5. The molecule has 9 nitrogen and oxygen atoms in total. The molecule has 0 radical (unpaired) electrons. The van der Waals surface area contributed by atoms with Gasteiger partial charge in [-0.25, -0.2) is 9.97 Å². The molecule has 5 rings (SSSR count). The van der Waals surface area contributed by atoms with Gasteiger partial charge in [0.05, 0.1) is 11.9 Å². The normalized spacial score (nSPS) is 15.0. The van der Waals surface area contributed by atoms with Crippen molar-refractivity contribution in [3.8, 4) is 11.3 Å². The van der Waals surface area contributed by atoms with Gasteiger partial charge in [-0.15, -0.1) is 0 Å². The number of pyridine rings is 3. The Morgan fingerprint density at radius 1 is 0.842 bits per heavy atom. The average molecular weight is 499 g/mol. The minimum absolute atomic E-state index is 0.107. The van der Waals surface area contributed by atoms with Crippen LogP contribution in [0, 0.1) is 0 Å². The number of hydrogen-bond acceptors (Lipinski definition) is 7. The fourth-order valence-electron chi connectivity index (χ4n) is 4.61. The molecular formula is C23H30B6N8O. The highest BCUT2D eigenvalue weighted by Gasteiger charge is 2.26. The number of carbonyl (C=O) groups excluding carboxylic acids is 1. The fourth-order valence-corrected chi connectivity index (χ4v) is 4.61. The van der Waals surface area contributed by atoms with Crippen LogP contribution in [0.4, 0.5) is 11.6 Å². The molecule has 38 heavy (non-hydrogen) atoms. The van der Waals surface area contributed by atoms with E-state index in [1.54, 1.807) is 24.7 Å². The molecule has 1 aliphatic rings. The van der Waals surface area contributed by atoms with E-state index in [1.807, 2.05) is 35.3 Å². The Balaban J connectivity index is 1.31. The van der Waals surface area contributed by atoms with Crippen LogP contribution in [0.3, 0.4) is 0 Å². The van der Waals surface area contributed by atoms with Crippen LogP contribution in [-0.2, 0) is 5.24 Å². The summed E-state index contributed by atoms with van der Waals surface area (Å²) in [6.07, 6.45) is 9.05. The summed E-state index contributed by atoms with van der Waals surface area (Å²) in [4.78, 5) is 31.4. The van der Waals surface area contributed by atoms with Crippen LogP contribution in [0.25, 0.3) is 22.0 Å². The lowest BCUT2D eigenvalue weighted by molar-refractivity contribution is 0.102. The Labute approximate surface area is 228 Å². The zero-order chi connectivity index (χ0) is 27.1. The lowest BCUT2D eigenvalue weighted by Gasteiger charge is -2.43. The van der Waals surface area contributed by atoms with Crippen molar-refractivity contribution < 1.29 is 4.79 Å². The third kappa shape index (κ3) is 5.67. The predicted molar refractivity (Wildman–Crippen MR) is 169 cm³/mol. The highest BCUT2D eigenvalue weighted by atomic mass is 16.1. The number of anilines is 2. The number of hydrogen-bond donors (Lipinski definition) is 1. The third-order valence-corrected chi connectivity index (χ3v) is 6.97. The third-order valence-electron chi connectivity index (χ3n) is 6.97. The lowest BCUT2D eigenvalue weighted by atomic mass is 9.48. The molecule has 1 N–H and O–H groups in total. The van der Waals surface area contributed by atoms with E-state index in [0.717, 1.165) is 54.0 Å². The number of piperazine rings is 1. The minimum Gasteiger partial charge on any atom is -0.354 e. The summed E-state index contributed by atoms with van der Waals surface area (Å²) in [5, 5.41) is 9.32. The molecule has 4 aromatic heterocycles. The van der Waals surface area contributed by atoms with Crippen molar-refractivity contribution in [1.29, 1.82) is 0 Å². The number of amides is 1.